The van der Waals surface area contributed by atoms with E-state index in [1.807, 2.05) is 11.0 Å². The molecule has 1 saturated carbocycles. The normalized spacial score (nSPS) is 20.9. The van der Waals surface area contributed by atoms with Gasteiger partial charge < -0.3 is 14.5 Å². The molecule has 0 radical (unpaired) electrons. The first-order chi connectivity index (χ1) is 15.1. The van der Waals surface area contributed by atoms with Crippen LogP contribution >= 0.6 is 0 Å². The molecule has 7 nitrogen and oxygen atoms in total. The fourth-order valence-electron chi connectivity index (χ4n) is 5.36. The number of ether oxygens (including phenoxy) is 1. The molecular formula is C24H33N3O4. The zero-order valence-corrected chi connectivity index (χ0v) is 18.4. The second-order valence-electron chi connectivity index (χ2n) is 8.94. The zero-order chi connectivity index (χ0) is 21.8. The van der Waals surface area contributed by atoms with Crippen LogP contribution in [0.15, 0.2) is 24.3 Å². The molecular weight excluding hydrogens is 394 g/mol. The second-order valence-corrected chi connectivity index (χ2v) is 8.94. The third-order valence-electron chi connectivity index (χ3n) is 7.13. The predicted molar refractivity (Wildman–Crippen MR) is 116 cm³/mol. The van der Waals surface area contributed by atoms with Crippen LogP contribution in [0.3, 0.4) is 0 Å². The van der Waals surface area contributed by atoms with Gasteiger partial charge in [-0.3, -0.25) is 19.3 Å². The molecule has 0 bridgehead atoms. The van der Waals surface area contributed by atoms with Crippen molar-refractivity contribution in [1.29, 1.82) is 0 Å². The number of rotatable bonds is 5. The lowest BCUT2D eigenvalue weighted by molar-refractivity contribution is -0.148. The van der Waals surface area contributed by atoms with E-state index >= 15 is 0 Å². The molecule has 0 spiro atoms. The van der Waals surface area contributed by atoms with Gasteiger partial charge >= 0.3 is 5.97 Å². The Hall–Kier alpha value is -2.41. The maximum absolute atomic E-state index is 13.7. The summed E-state index contributed by atoms with van der Waals surface area (Å²) >= 11 is 0. The standard InChI is InChI=1S/C24H33N3O4/c1-31-22(29)16-21(28)25-12-14-26(15-13-25)23(19-7-3-4-8-19)24(30)27-11-10-18-6-2-5-9-20(18)17-27/h2,5-6,9,19,23H,3-4,7-8,10-17H2,1H3. The maximum atomic E-state index is 13.7. The van der Waals surface area contributed by atoms with E-state index in [0.29, 0.717) is 38.6 Å². The van der Waals surface area contributed by atoms with Crippen LogP contribution in [0.5, 0.6) is 0 Å². The topological polar surface area (TPSA) is 70.2 Å². The van der Waals surface area contributed by atoms with E-state index in [9.17, 15) is 14.4 Å². The van der Waals surface area contributed by atoms with Crippen molar-refractivity contribution < 1.29 is 19.1 Å². The largest absolute Gasteiger partial charge is 0.469 e. The Morgan fingerprint density at radius 2 is 1.65 bits per heavy atom. The SMILES string of the molecule is COC(=O)CC(=O)N1CCN(C(C(=O)N2CCc3ccccc3C2)C2CCCC2)CC1. The van der Waals surface area contributed by atoms with Gasteiger partial charge in [-0.25, -0.2) is 0 Å². The summed E-state index contributed by atoms with van der Waals surface area (Å²) in [6.07, 6.45) is 5.28. The molecule has 0 aromatic heterocycles. The van der Waals surface area contributed by atoms with Crippen molar-refractivity contribution in [3.63, 3.8) is 0 Å². The molecule has 2 aliphatic heterocycles. The van der Waals surface area contributed by atoms with E-state index in [0.717, 1.165) is 25.8 Å². The predicted octanol–water partition coefficient (Wildman–Crippen LogP) is 1.84. The van der Waals surface area contributed by atoms with Gasteiger partial charge in [-0.15, -0.1) is 0 Å². The number of nitrogens with zero attached hydrogens (tertiary/aromatic N) is 3. The van der Waals surface area contributed by atoms with Crippen LogP contribution in [-0.4, -0.2) is 78.4 Å². The van der Waals surface area contributed by atoms with Gasteiger partial charge in [0.05, 0.1) is 13.2 Å². The van der Waals surface area contributed by atoms with Crippen LogP contribution in [0.25, 0.3) is 0 Å². The quantitative estimate of drug-likeness (QED) is 0.530. The summed E-state index contributed by atoms with van der Waals surface area (Å²) in [5.74, 6) is -0.0579. The first kappa shape index (κ1) is 21.8. The number of carbonyl (C=O) groups is 3. The Morgan fingerprint density at radius 3 is 2.32 bits per heavy atom. The van der Waals surface area contributed by atoms with Crippen molar-refractivity contribution in [2.45, 2.75) is 51.1 Å². The van der Waals surface area contributed by atoms with E-state index in [-0.39, 0.29) is 24.3 Å². The van der Waals surface area contributed by atoms with Crippen molar-refractivity contribution in [1.82, 2.24) is 14.7 Å². The molecule has 1 saturated heterocycles. The third kappa shape index (κ3) is 4.92. The van der Waals surface area contributed by atoms with E-state index in [2.05, 4.69) is 27.8 Å². The lowest BCUT2D eigenvalue weighted by atomic mass is 9.92. The number of fused-ring (bicyclic) bond motifs is 1. The highest BCUT2D eigenvalue weighted by atomic mass is 16.5. The molecule has 4 rings (SSSR count). The van der Waals surface area contributed by atoms with Crippen molar-refractivity contribution >= 4 is 17.8 Å². The van der Waals surface area contributed by atoms with Crippen LogP contribution in [0.2, 0.25) is 0 Å². The van der Waals surface area contributed by atoms with Crippen LogP contribution in [0, 0.1) is 5.92 Å². The second kappa shape index (κ2) is 9.81. The molecule has 2 fully saturated rings. The Labute approximate surface area is 184 Å². The number of hydrogen-bond donors (Lipinski definition) is 0. The van der Waals surface area contributed by atoms with Gasteiger partial charge in [0.25, 0.3) is 0 Å². The van der Waals surface area contributed by atoms with Crippen LogP contribution in [-0.2, 0) is 32.1 Å². The van der Waals surface area contributed by atoms with E-state index in [4.69, 9.17) is 0 Å². The van der Waals surface area contributed by atoms with E-state index in [1.54, 1.807) is 4.90 Å². The van der Waals surface area contributed by atoms with Gasteiger partial charge in [0.1, 0.15) is 6.42 Å². The number of methoxy groups -OCH3 is 1. The van der Waals surface area contributed by atoms with Crippen molar-refractivity contribution in [3.05, 3.63) is 35.4 Å². The van der Waals surface area contributed by atoms with Gasteiger partial charge in [-0.2, -0.15) is 0 Å². The van der Waals surface area contributed by atoms with Crippen molar-refractivity contribution in [3.8, 4) is 0 Å². The average molecular weight is 428 g/mol. The van der Waals surface area contributed by atoms with Crippen LogP contribution in [0.4, 0.5) is 0 Å². The smallest absolute Gasteiger partial charge is 0.315 e. The number of hydrogen-bond acceptors (Lipinski definition) is 5. The Kier molecular flexibility index (Phi) is 6.90. The number of carbonyl (C=O) groups excluding carboxylic acids is 3. The van der Waals surface area contributed by atoms with E-state index in [1.165, 1.54) is 31.1 Å². The minimum Gasteiger partial charge on any atom is -0.469 e. The summed E-state index contributed by atoms with van der Waals surface area (Å²) in [4.78, 5) is 43.6. The summed E-state index contributed by atoms with van der Waals surface area (Å²) < 4.78 is 4.62. The molecule has 2 amide bonds. The van der Waals surface area contributed by atoms with E-state index < -0.39 is 5.97 Å². The Balaban J connectivity index is 1.42. The molecule has 31 heavy (non-hydrogen) atoms. The molecule has 2 heterocycles. The highest BCUT2D eigenvalue weighted by Crippen LogP contribution is 2.33. The fourth-order valence-corrected chi connectivity index (χ4v) is 5.36. The number of piperazine rings is 1. The molecule has 1 atom stereocenters. The first-order valence-electron chi connectivity index (χ1n) is 11.5. The lowest BCUT2D eigenvalue weighted by Gasteiger charge is -2.43. The van der Waals surface area contributed by atoms with Gasteiger partial charge in [-0.1, -0.05) is 37.1 Å². The molecule has 3 aliphatic rings. The highest BCUT2D eigenvalue weighted by Gasteiger charge is 2.40. The van der Waals surface area contributed by atoms with Gasteiger partial charge in [-0.05, 0) is 36.3 Å². The fraction of sp³-hybridized carbons (Fsp3) is 0.625. The molecule has 7 heteroatoms. The molecule has 1 aliphatic carbocycles. The zero-order valence-electron chi connectivity index (χ0n) is 18.4. The molecule has 1 aromatic carbocycles. The minimum atomic E-state index is -0.503. The summed E-state index contributed by atoms with van der Waals surface area (Å²) in [7, 11) is 1.30. The Bertz CT molecular complexity index is 813. The summed E-state index contributed by atoms with van der Waals surface area (Å²) in [6, 6.07) is 8.30. The number of benzene rings is 1. The maximum Gasteiger partial charge on any atom is 0.315 e. The third-order valence-corrected chi connectivity index (χ3v) is 7.13. The van der Waals surface area contributed by atoms with Gasteiger partial charge in [0, 0.05) is 39.3 Å². The number of esters is 1. The monoisotopic (exact) mass is 427 g/mol. The number of amides is 2. The molecule has 1 unspecified atom stereocenters. The molecule has 0 N–H and O–H groups in total. The summed E-state index contributed by atoms with van der Waals surface area (Å²) in [6.45, 7) is 3.91. The minimum absolute atomic E-state index is 0.106. The summed E-state index contributed by atoms with van der Waals surface area (Å²) in [5, 5.41) is 0. The van der Waals surface area contributed by atoms with Crippen molar-refractivity contribution in [2.75, 3.05) is 39.8 Å². The van der Waals surface area contributed by atoms with Crippen LogP contribution < -0.4 is 0 Å². The lowest BCUT2D eigenvalue weighted by Crippen LogP contribution is -2.59. The average Bonchev–Trinajstić information content (AvgIpc) is 3.33. The molecule has 168 valence electrons. The van der Waals surface area contributed by atoms with Gasteiger partial charge in [0.15, 0.2) is 0 Å². The molecule has 1 aromatic rings. The van der Waals surface area contributed by atoms with Crippen LogP contribution in [0.1, 0.15) is 43.2 Å². The van der Waals surface area contributed by atoms with Gasteiger partial charge in [0.2, 0.25) is 11.8 Å². The summed E-state index contributed by atoms with van der Waals surface area (Å²) in [5.41, 5.74) is 2.60. The Morgan fingerprint density at radius 1 is 0.968 bits per heavy atom. The van der Waals surface area contributed by atoms with Crippen molar-refractivity contribution in [2.24, 2.45) is 5.92 Å². The first-order valence-corrected chi connectivity index (χ1v) is 11.5. The highest BCUT2D eigenvalue weighted by molar-refractivity contribution is 5.94.